The fourth-order valence-electron chi connectivity index (χ4n) is 2.64. The van der Waals surface area contributed by atoms with E-state index in [1.54, 1.807) is 36.5 Å². The maximum absolute atomic E-state index is 12.6. The van der Waals surface area contributed by atoms with Crippen LogP contribution in [0.5, 0.6) is 0 Å². The number of hydrogen-bond donors (Lipinski definition) is 1. The molecule has 1 aromatic carbocycles. The van der Waals surface area contributed by atoms with E-state index in [0.717, 1.165) is 28.6 Å². The topological polar surface area (TPSA) is 76.0 Å². The normalized spacial score (nSPS) is 16.7. The van der Waals surface area contributed by atoms with Gasteiger partial charge in [-0.3, -0.25) is 4.79 Å². The molecule has 2 heterocycles. The van der Waals surface area contributed by atoms with Gasteiger partial charge in [-0.15, -0.1) is 11.3 Å². The van der Waals surface area contributed by atoms with Gasteiger partial charge in [0.05, 0.1) is 11.5 Å². The average molecular weight is 428 g/mol. The Hall–Kier alpha value is -2.64. The minimum Gasteiger partial charge on any atom is -0.506 e. The lowest BCUT2D eigenvalue weighted by Gasteiger charge is -2.03. The molecule has 0 bridgehead atoms. The lowest BCUT2D eigenvalue weighted by molar-refractivity contribution is -0.138. The molecule has 3 rings (SSSR count). The molecule has 1 amide bonds. The monoisotopic (exact) mass is 427 g/mol. The highest BCUT2D eigenvalue weighted by molar-refractivity contribution is 8.18. The van der Waals surface area contributed by atoms with Crippen molar-refractivity contribution >= 4 is 46.1 Å². The first-order chi connectivity index (χ1) is 13.9. The Bertz CT molecular complexity index is 1030. The molecule has 0 saturated carbocycles. The molecule has 2 aromatic rings. The molecule has 0 fully saturated rings. The van der Waals surface area contributed by atoms with Gasteiger partial charge in [-0.1, -0.05) is 36.4 Å². The number of carbonyl (C=O) groups is 2. The molecule has 0 atom stereocenters. The zero-order chi connectivity index (χ0) is 21.0. The van der Waals surface area contributed by atoms with E-state index in [9.17, 15) is 14.7 Å². The number of amides is 1. The molecule has 0 radical (unpaired) electrons. The Labute approximate surface area is 177 Å². The van der Waals surface area contributed by atoms with E-state index in [4.69, 9.17) is 4.74 Å². The van der Waals surface area contributed by atoms with Crippen LogP contribution in [0.2, 0.25) is 0 Å². The number of thioether (sulfide) groups is 1. The van der Waals surface area contributed by atoms with Gasteiger partial charge in [-0.25, -0.2) is 9.79 Å². The Morgan fingerprint density at radius 1 is 1.14 bits per heavy atom. The molecule has 1 N–H and O–H groups in total. The number of aliphatic hydroxyl groups is 1. The molecule has 1 aliphatic rings. The van der Waals surface area contributed by atoms with Gasteiger partial charge in [0.2, 0.25) is 0 Å². The first-order valence-corrected chi connectivity index (χ1v) is 10.8. The standard InChI is InChI=1S/C22H21NO4S2/c1-4-15-10-11-16(28-15)12-17-19(24)18(22(26)27-5-2)21(29-17)23-20(25)14-8-6-13(3)7-9-14/h6-12,24H,4-5H2,1-3H3. The van der Waals surface area contributed by atoms with Crippen LogP contribution in [0.1, 0.15) is 39.5 Å². The maximum atomic E-state index is 12.6. The second-order valence-corrected chi connectivity index (χ2v) is 8.53. The van der Waals surface area contributed by atoms with Gasteiger partial charge in [0.1, 0.15) is 16.4 Å². The van der Waals surface area contributed by atoms with Crippen molar-refractivity contribution in [2.75, 3.05) is 6.61 Å². The second kappa shape index (κ2) is 9.24. The van der Waals surface area contributed by atoms with E-state index in [0.29, 0.717) is 10.5 Å². The van der Waals surface area contributed by atoms with E-state index in [2.05, 4.69) is 11.9 Å². The summed E-state index contributed by atoms with van der Waals surface area (Å²) in [6.45, 7) is 5.84. The molecule has 7 heteroatoms. The molecule has 29 heavy (non-hydrogen) atoms. The number of rotatable bonds is 5. The van der Waals surface area contributed by atoms with E-state index >= 15 is 0 Å². The summed E-state index contributed by atoms with van der Waals surface area (Å²) in [7, 11) is 0. The number of thiophene rings is 1. The molecule has 0 saturated heterocycles. The predicted molar refractivity (Wildman–Crippen MR) is 118 cm³/mol. The molecule has 1 aromatic heterocycles. The third-order valence-corrected chi connectivity index (χ3v) is 6.37. The van der Waals surface area contributed by atoms with E-state index in [1.165, 1.54) is 4.88 Å². The zero-order valence-electron chi connectivity index (χ0n) is 16.4. The summed E-state index contributed by atoms with van der Waals surface area (Å²) in [5.41, 5.74) is 1.37. The smallest absolute Gasteiger partial charge is 0.344 e. The number of benzene rings is 1. The van der Waals surface area contributed by atoms with Crippen LogP contribution in [-0.4, -0.2) is 28.6 Å². The fourth-order valence-corrected chi connectivity index (χ4v) is 4.61. The van der Waals surface area contributed by atoms with E-state index in [-0.39, 0.29) is 23.0 Å². The Balaban J connectivity index is 1.98. The van der Waals surface area contributed by atoms with Crippen molar-refractivity contribution in [3.8, 4) is 0 Å². The number of ether oxygens (including phenoxy) is 1. The highest BCUT2D eigenvalue weighted by atomic mass is 32.2. The highest BCUT2D eigenvalue weighted by Gasteiger charge is 2.34. The van der Waals surface area contributed by atoms with Crippen molar-refractivity contribution < 1.29 is 19.4 Å². The van der Waals surface area contributed by atoms with Crippen LogP contribution in [0, 0.1) is 6.92 Å². The average Bonchev–Trinajstić information content (AvgIpc) is 3.27. The second-order valence-electron chi connectivity index (χ2n) is 6.30. The van der Waals surface area contributed by atoms with Gasteiger partial charge in [0.25, 0.3) is 5.91 Å². The van der Waals surface area contributed by atoms with E-state index < -0.39 is 11.9 Å². The largest absolute Gasteiger partial charge is 0.506 e. The first kappa shape index (κ1) is 21.1. The van der Waals surface area contributed by atoms with Crippen molar-refractivity contribution in [1.29, 1.82) is 0 Å². The zero-order valence-corrected chi connectivity index (χ0v) is 18.0. The number of carbonyl (C=O) groups excluding carboxylic acids is 2. The van der Waals surface area contributed by atoms with Gasteiger partial charge in [-0.05, 0) is 50.6 Å². The minimum atomic E-state index is -0.697. The maximum Gasteiger partial charge on any atom is 0.344 e. The highest BCUT2D eigenvalue weighted by Crippen LogP contribution is 2.40. The van der Waals surface area contributed by atoms with Gasteiger partial charge in [-0.2, -0.15) is 0 Å². The van der Waals surface area contributed by atoms with Crippen LogP contribution in [0.25, 0.3) is 6.08 Å². The molecule has 150 valence electrons. The number of hydrogen-bond acceptors (Lipinski definition) is 6. The van der Waals surface area contributed by atoms with Crippen LogP contribution in [-0.2, 0) is 16.0 Å². The van der Waals surface area contributed by atoms with Crippen molar-refractivity contribution in [3.05, 3.63) is 73.5 Å². The lowest BCUT2D eigenvalue weighted by atomic mass is 10.1. The summed E-state index contributed by atoms with van der Waals surface area (Å²) in [5.74, 6) is -1.39. The number of esters is 1. The van der Waals surface area contributed by atoms with Gasteiger partial charge in [0.15, 0.2) is 0 Å². The molecule has 0 spiro atoms. The Morgan fingerprint density at radius 2 is 1.86 bits per heavy atom. The van der Waals surface area contributed by atoms with Crippen molar-refractivity contribution in [3.63, 3.8) is 0 Å². The third-order valence-electron chi connectivity index (χ3n) is 4.18. The van der Waals surface area contributed by atoms with Crippen molar-refractivity contribution in [1.82, 2.24) is 0 Å². The molecule has 5 nitrogen and oxygen atoms in total. The van der Waals surface area contributed by atoms with Crippen LogP contribution in [0.3, 0.4) is 0 Å². The van der Waals surface area contributed by atoms with Crippen LogP contribution >= 0.6 is 23.1 Å². The number of aryl methyl sites for hydroxylation is 2. The third kappa shape index (κ3) is 4.86. The summed E-state index contributed by atoms with van der Waals surface area (Å²) in [6.07, 6.45) is 2.72. The summed E-state index contributed by atoms with van der Waals surface area (Å²) in [5, 5.41) is 10.8. The van der Waals surface area contributed by atoms with Crippen LogP contribution in [0.4, 0.5) is 0 Å². The SMILES string of the molecule is CCOC(=O)C1=C(O)C(=Cc2ccc(CC)s2)SC1=NC(=O)c1ccc(C)cc1. The Kier molecular flexibility index (Phi) is 6.71. The van der Waals surface area contributed by atoms with Gasteiger partial charge in [0, 0.05) is 15.3 Å². The van der Waals surface area contributed by atoms with Crippen LogP contribution in [0.15, 0.2) is 57.6 Å². The number of aliphatic imine (C=N–C) groups is 1. The van der Waals surface area contributed by atoms with Crippen molar-refractivity contribution in [2.24, 2.45) is 4.99 Å². The number of nitrogens with zero attached hydrogens (tertiary/aromatic N) is 1. The molecule has 1 aliphatic heterocycles. The summed E-state index contributed by atoms with van der Waals surface area (Å²) >= 11 is 2.70. The molecule has 0 unspecified atom stereocenters. The van der Waals surface area contributed by atoms with Crippen LogP contribution < -0.4 is 0 Å². The first-order valence-electron chi connectivity index (χ1n) is 9.22. The minimum absolute atomic E-state index is 0.0733. The fraction of sp³-hybridized carbons (Fsp3) is 0.227. The number of aliphatic hydroxyl groups excluding tert-OH is 1. The predicted octanol–water partition coefficient (Wildman–Crippen LogP) is 5.32. The summed E-state index contributed by atoms with van der Waals surface area (Å²) in [6, 6.07) is 11.0. The van der Waals surface area contributed by atoms with Gasteiger partial charge < -0.3 is 9.84 Å². The Morgan fingerprint density at radius 3 is 2.48 bits per heavy atom. The molecule has 0 aliphatic carbocycles. The van der Waals surface area contributed by atoms with E-state index in [1.807, 2.05) is 31.2 Å². The molecular formula is C22H21NO4S2. The summed E-state index contributed by atoms with van der Waals surface area (Å²) in [4.78, 5) is 31.7. The quantitative estimate of drug-likeness (QED) is 0.654. The van der Waals surface area contributed by atoms with Crippen molar-refractivity contribution in [2.45, 2.75) is 27.2 Å². The molecular weight excluding hydrogens is 406 g/mol. The van der Waals surface area contributed by atoms with Gasteiger partial charge >= 0.3 is 5.97 Å². The lowest BCUT2D eigenvalue weighted by Crippen LogP contribution is -2.14. The summed E-state index contributed by atoms with van der Waals surface area (Å²) < 4.78 is 5.06.